The van der Waals surface area contributed by atoms with Gasteiger partial charge < -0.3 is 10.4 Å². The van der Waals surface area contributed by atoms with E-state index in [9.17, 15) is 22.4 Å². The molecule has 4 aliphatic rings. The van der Waals surface area contributed by atoms with E-state index in [4.69, 9.17) is 9.90 Å². The number of rotatable bonds is 3. The number of amides is 1. The number of hydrogen-bond acceptors (Lipinski definition) is 3. The van der Waals surface area contributed by atoms with Crippen LogP contribution in [0.4, 0.5) is 17.6 Å². The maximum absolute atomic E-state index is 13.8. The highest BCUT2D eigenvalue weighted by Gasteiger charge is 2.51. The molecule has 4 saturated carbocycles. The SMILES string of the molecule is O=C(NC12CC3CC(CC(C3)C1)C2)c1nc(-c2cccc(F)c2)n2ccccc12.O=C(O)C(F)(F)F. The minimum absolute atomic E-state index is 0.0599. The highest BCUT2D eigenvalue weighted by atomic mass is 19.4. The Morgan fingerprint density at radius 2 is 1.61 bits per heavy atom. The molecule has 0 atom stereocenters. The van der Waals surface area contributed by atoms with Crippen LogP contribution in [0.25, 0.3) is 16.9 Å². The van der Waals surface area contributed by atoms with E-state index in [-0.39, 0.29) is 17.3 Å². The first kappa shape index (κ1) is 24.3. The number of nitrogens with one attached hydrogen (secondary N) is 1. The Balaban J connectivity index is 0.000000338. The van der Waals surface area contributed by atoms with E-state index in [1.54, 1.807) is 6.07 Å². The van der Waals surface area contributed by atoms with Gasteiger partial charge in [-0.05, 0) is 80.5 Å². The van der Waals surface area contributed by atoms with Gasteiger partial charge in [0.2, 0.25) is 0 Å². The minimum Gasteiger partial charge on any atom is -0.475 e. The van der Waals surface area contributed by atoms with Crippen molar-refractivity contribution in [2.75, 3.05) is 0 Å². The molecule has 1 amide bonds. The number of hydrogen-bond donors (Lipinski definition) is 2. The lowest BCUT2D eigenvalue weighted by molar-refractivity contribution is -0.192. The molecule has 0 spiro atoms. The Morgan fingerprint density at radius 1 is 1.00 bits per heavy atom. The summed E-state index contributed by atoms with van der Waals surface area (Å²) in [6.45, 7) is 0. The number of benzene rings is 1. The fraction of sp³-hybridized carbons (Fsp3) is 0.423. The summed E-state index contributed by atoms with van der Waals surface area (Å²) < 4.78 is 47.4. The van der Waals surface area contributed by atoms with Crippen LogP contribution < -0.4 is 5.32 Å². The molecule has 4 aliphatic carbocycles. The number of carboxylic acids is 1. The minimum atomic E-state index is -5.08. The van der Waals surface area contributed by atoms with E-state index < -0.39 is 12.1 Å². The van der Waals surface area contributed by atoms with Crippen LogP contribution >= 0.6 is 0 Å². The van der Waals surface area contributed by atoms with Gasteiger partial charge in [-0.2, -0.15) is 13.2 Å². The number of carbonyl (C=O) groups excluding carboxylic acids is 1. The zero-order valence-corrected chi connectivity index (χ0v) is 19.3. The number of fused-ring (bicyclic) bond motifs is 1. The number of imidazole rings is 1. The van der Waals surface area contributed by atoms with Crippen molar-refractivity contribution < 1.29 is 32.3 Å². The van der Waals surface area contributed by atoms with E-state index in [2.05, 4.69) is 10.3 Å². The first-order valence-electron chi connectivity index (χ1n) is 11.9. The smallest absolute Gasteiger partial charge is 0.475 e. The fourth-order valence-corrected chi connectivity index (χ4v) is 6.60. The summed E-state index contributed by atoms with van der Waals surface area (Å²) in [5, 5.41) is 10.5. The normalized spacial score (nSPS) is 26.4. The molecule has 2 N–H and O–H groups in total. The molecular formula is C26H25F4N3O3. The number of carboxylic acid groups (broad SMARTS) is 1. The summed E-state index contributed by atoms with van der Waals surface area (Å²) in [7, 11) is 0. The van der Waals surface area contributed by atoms with Gasteiger partial charge in [0.25, 0.3) is 5.91 Å². The van der Waals surface area contributed by atoms with Crippen LogP contribution in [0.2, 0.25) is 0 Å². The van der Waals surface area contributed by atoms with Crippen LogP contribution in [-0.2, 0) is 4.79 Å². The van der Waals surface area contributed by atoms with Gasteiger partial charge in [0.15, 0.2) is 5.69 Å². The summed E-state index contributed by atoms with van der Waals surface area (Å²) in [6, 6.07) is 12.1. The Labute approximate surface area is 204 Å². The van der Waals surface area contributed by atoms with E-state index in [0.29, 0.717) is 17.1 Å². The van der Waals surface area contributed by atoms with Gasteiger partial charge in [0, 0.05) is 17.3 Å². The summed E-state index contributed by atoms with van der Waals surface area (Å²) in [4.78, 5) is 27.0. The van der Waals surface area contributed by atoms with Crippen LogP contribution in [0.1, 0.15) is 49.0 Å². The van der Waals surface area contributed by atoms with Crippen molar-refractivity contribution in [3.8, 4) is 11.4 Å². The van der Waals surface area contributed by atoms with E-state index in [1.807, 2.05) is 34.9 Å². The van der Waals surface area contributed by atoms with E-state index in [1.165, 1.54) is 31.4 Å². The third kappa shape index (κ3) is 4.68. The second-order valence-electron chi connectivity index (χ2n) is 10.2. The van der Waals surface area contributed by atoms with Crippen molar-refractivity contribution in [1.29, 1.82) is 0 Å². The molecule has 2 aromatic heterocycles. The molecule has 0 unspecified atom stereocenters. The van der Waals surface area contributed by atoms with Gasteiger partial charge in [-0.1, -0.05) is 18.2 Å². The number of alkyl halides is 3. The van der Waals surface area contributed by atoms with Gasteiger partial charge in [0.1, 0.15) is 11.6 Å². The molecule has 0 saturated heterocycles. The summed E-state index contributed by atoms with van der Waals surface area (Å²) in [5.74, 6) is -0.272. The lowest BCUT2D eigenvalue weighted by atomic mass is 9.53. The largest absolute Gasteiger partial charge is 0.490 e. The molecule has 4 fully saturated rings. The average Bonchev–Trinajstić information content (AvgIpc) is 3.18. The third-order valence-electron chi connectivity index (χ3n) is 7.51. The van der Waals surface area contributed by atoms with Crippen LogP contribution in [-0.4, -0.2) is 38.1 Å². The van der Waals surface area contributed by atoms with Crippen molar-refractivity contribution in [2.45, 2.75) is 50.2 Å². The molecule has 7 rings (SSSR count). The van der Waals surface area contributed by atoms with Crippen molar-refractivity contribution in [2.24, 2.45) is 17.8 Å². The van der Waals surface area contributed by atoms with E-state index >= 15 is 0 Å². The fourth-order valence-electron chi connectivity index (χ4n) is 6.60. The molecule has 3 aromatic rings. The number of aromatic nitrogens is 2. The zero-order chi connectivity index (χ0) is 25.7. The Hall–Kier alpha value is -3.43. The monoisotopic (exact) mass is 503 g/mol. The second kappa shape index (κ2) is 8.90. The number of nitrogens with zero attached hydrogens (tertiary/aromatic N) is 2. The van der Waals surface area contributed by atoms with Crippen LogP contribution in [0.5, 0.6) is 0 Å². The molecule has 4 bridgehead atoms. The maximum atomic E-state index is 13.8. The predicted molar refractivity (Wildman–Crippen MR) is 123 cm³/mol. The van der Waals surface area contributed by atoms with Crippen molar-refractivity contribution in [1.82, 2.24) is 14.7 Å². The van der Waals surface area contributed by atoms with Crippen LogP contribution in [0.15, 0.2) is 48.7 Å². The number of aliphatic carboxylic acids is 1. The van der Waals surface area contributed by atoms with Crippen molar-refractivity contribution in [3.05, 3.63) is 60.2 Å². The number of carbonyl (C=O) groups is 2. The molecule has 0 aliphatic heterocycles. The van der Waals surface area contributed by atoms with Crippen molar-refractivity contribution >= 4 is 17.4 Å². The summed E-state index contributed by atoms with van der Waals surface area (Å²) in [5.41, 5.74) is 1.80. The van der Waals surface area contributed by atoms with Crippen LogP contribution in [0.3, 0.4) is 0 Å². The molecule has 10 heteroatoms. The Bertz CT molecular complexity index is 1280. The average molecular weight is 503 g/mol. The Kier molecular flexibility index (Phi) is 6.00. The summed E-state index contributed by atoms with van der Waals surface area (Å²) in [6.07, 6.45) is 4.13. The predicted octanol–water partition coefficient (Wildman–Crippen LogP) is 5.47. The topological polar surface area (TPSA) is 83.7 Å². The first-order valence-corrected chi connectivity index (χ1v) is 11.9. The summed E-state index contributed by atoms with van der Waals surface area (Å²) >= 11 is 0. The molecular weight excluding hydrogens is 478 g/mol. The van der Waals surface area contributed by atoms with Gasteiger partial charge in [0.05, 0.1) is 5.52 Å². The molecule has 6 nitrogen and oxygen atoms in total. The Morgan fingerprint density at radius 3 is 2.17 bits per heavy atom. The standard InChI is InChI=1S/C24H24FN3O.C2HF3O2/c25-19-5-3-4-18(11-19)22-26-21(20-6-1-2-7-28(20)22)23(29)27-24-12-15-8-16(13-24)10-17(9-15)14-24;3-2(4,5)1(6)7/h1-7,11,15-17H,8-10,12-14H2,(H,27,29);(H,6,7). The second-order valence-corrected chi connectivity index (χ2v) is 10.2. The molecule has 1 aromatic carbocycles. The first-order chi connectivity index (χ1) is 17.0. The highest BCUT2D eigenvalue weighted by molar-refractivity contribution is 6.00. The quantitative estimate of drug-likeness (QED) is 0.464. The van der Waals surface area contributed by atoms with Gasteiger partial charge in [-0.15, -0.1) is 0 Å². The lowest BCUT2D eigenvalue weighted by Gasteiger charge is -2.56. The third-order valence-corrected chi connectivity index (χ3v) is 7.51. The van der Waals surface area contributed by atoms with Gasteiger partial charge in [-0.25, -0.2) is 14.2 Å². The zero-order valence-electron chi connectivity index (χ0n) is 19.3. The van der Waals surface area contributed by atoms with Gasteiger partial charge >= 0.3 is 12.1 Å². The maximum Gasteiger partial charge on any atom is 0.490 e. The van der Waals surface area contributed by atoms with E-state index in [0.717, 1.165) is 42.5 Å². The lowest BCUT2D eigenvalue weighted by Crippen LogP contribution is -2.59. The molecule has 0 radical (unpaired) electrons. The number of halogens is 4. The highest BCUT2D eigenvalue weighted by Crippen LogP contribution is 2.55. The molecule has 190 valence electrons. The molecule has 2 heterocycles. The number of pyridine rings is 1. The van der Waals surface area contributed by atoms with Crippen LogP contribution in [0, 0.1) is 23.6 Å². The molecule has 36 heavy (non-hydrogen) atoms. The van der Waals surface area contributed by atoms with Gasteiger partial charge in [-0.3, -0.25) is 9.20 Å². The van der Waals surface area contributed by atoms with Crippen molar-refractivity contribution in [3.63, 3.8) is 0 Å².